The zero-order chi connectivity index (χ0) is 23.3. The zero-order valence-corrected chi connectivity index (χ0v) is 19.2. The molecule has 0 aliphatic rings. The number of rotatable bonds is 11. The van der Waals surface area contributed by atoms with Gasteiger partial charge in [0.2, 0.25) is 5.91 Å². The van der Waals surface area contributed by atoms with Gasteiger partial charge in [-0.1, -0.05) is 42.5 Å². The first kappa shape index (κ1) is 23.8. The van der Waals surface area contributed by atoms with E-state index >= 15 is 0 Å². The molecule has 33 heavy (non-hydrogen) atoms. The molecule has 0 atom stereocenters. The lowest BCUT2D eigenvalue weighted by Gasteiger charge is -2.10. The van der Waals surface area contributed by atoms with Crippen LogP contribution in [0.1, 0.15) is 29.5 Å². The average molecular weight is 443 g/mol. The lowest BCUT2D eigenvalue weighted by atomic mass is 9.97. The van der Waals surface area contributed by atoms with E-state index in [1.165, 1.54) is 5.56 Å². The molecule has 0 saturated heterocycles. The number of nitrogens with zero attached hydrogens (tertiary/aromatic N) is 1. The highest BCUT2D eigenvalue weighted by Gasteiger charge is 2.06. The monoisotopic (exact) mass is 442 g/mol. The van der Waals surface area contributed by atoms with Gasteiger partial charge in [0, 0.05) is 25.0 Å². The number of aryl methyl sites for hydroxylation is 1. The average Bonchev–Trinajstić information content (AvgIpc) is 2.87. The molecule has 1 N–H and O–H groups in total. The SMILES string of the molecule is COc1ccc(C(=CC=CC(=O)NCCCCc2cccnc2)c2ccc(OC)cc2)cc1. The van der Waals surface area contributed by atoms with E-state index in [2.05, 4.69) is 16.4 Å². The number of methoxy groups -OCH3 is 2. The largest absolute Gasteiger partial charge is 0.497 e. The first-order valence-electron chi connectivity index (χ1n) is 11.0. The van der Waals surface area contributed by atoms with Gasteiger partial charge in [-0.2, -0.15) is 0 Å². The Morgan fingerprint density at radius 2 is 1.55 bits per heavy atom. The van der Waals surface area contributed by atoms with Gasteiger partial charge in [-0.3, -0.25) is 9.78 Å². The number of hydrogen-bond acceptors (Lipinski definition) is 4. The van der Waals surface area contributed by atoms with Crippen molar-refractivity contribution in [3.05, 3.63) is 108 Å². The summed E-state index contributed by atoms with van der Waals surface area (Å²) >= 11 is 0. The molecule has 0 bridgehead atoms. The van der Waals surface area contributed by atoms with Gasteiger partial charge in [-0.05, 0) is 71.9 Å². The van der Waals surface area contributed by atoms with Crippen LogP contribution in [-0.4, -0.2) is 31.7 Å². The molecule has 1 aromatic heterocycles. The number of amides is 1. The van der Waals surface area contributed by atoms with Crippen molar-refractivity contribution in [3.63, 3.8) is 0 Å². The van der Waals surface area contributed by atoms with E-state index in [0.717, 1.165) is 47.5 Å². The van der Waals surface area contributed by atoms with Crippen LogP contribution in [0, 0.1) is 0 Å². The third kappa shape index (κ3) is 7.65. The molecule has 3 rings (SSSR count). The minimum atomic E-state index is -0.101. The van der Waals surface area contributed by atoms with Crippen molar-refractivity contribution in [1.82, 2.24) is 10.3 Å². The standard InChI is InChI=1S/C28H30N2O3/c1-32-25-15-11-23(12-16-25)27(24-13-17-26(33-2)18-14-24)9-5-10-28(31)30-20-4-3-7-22-8-6-19-29-21-22/h5-6,8-19,21H,3-4,7,20H2,1-2H3,(H,30,31). The Balaban J connectivity index is 1.60. The predicted molar refractivity (Wildman–Crippen MR) is 132 cm³/mol. The maximum absolute atomic E-state index is 12.2. The topological polar surface area (TPSA) is 60.5 Å². The summed E-state index contributed by atoms with van der Waals surface area (Å²) in [6.07, 6.45) is 11.9. The van der Waals surface area contributed by atoms with Crippen molar-refractivity contribution in [3.8, 4) is 11.5 Å². The lowest BCUT2D eigenvalue weighted by Crippen LogP contribution is -2.22. The second-order valence-corrected chi connectivity index (χ2v) is 7.51. The van der Waals surface area contributed by atoms with Crippen LogP contribution >= 0.6 is 0 Å². The Kier molecular flexibility index (Phi) is 9.28. The summed E-state index contributed by atoms with van der Waals surface area (Å²) in [4.78, 5) is 16.4. The highest BCUT2D eigenvalue weighted by molar-refractivity contribution is 5.89. The number of aromatic nitrogens is 1. The third-order valence-electron chi connectivity index (χ3n) is 5.23. The van der Waals surface area contributed by atoms with Crippen LogP contribution in [0.4, 0.5) is 0 Å². The molecule has 0 spiro atoms. The van der Waals surface area contributed by atoms with Gasteiger partial charge in [0.15, 0.2) is 0 Å². The summed E-state index contributed by atoms with van der Waals surface area (Å²) < 4.78 is 10.5. The summed E-state index contributed by atoms with van der Waals surface area (Å²) in [5.41, 5.74) is 4.28. The Hall–Kier alpha value is -3.86. The molecule has 0 aliphatic heterocycles. The van der Waals surface area contributed by atoms with Crippen LogP contribution in [0.15, 0.2) is 91.3 Å². The highest BCUT2D eigenvalue weighted by atomic mass is 16.5. The quantitative estimate of drug-likeness (QED) is 0.251. The number of allylic oxidation sites excluding steroid dienone is 2. The van der Waals surface area contributed by atoms with E-state index < -0.39 is 0 Å². The summed E-state index contributed by atoms with van der Waals surface area (Å²) in [6.45, 7) is 0.650. The van der Waals surface area contributed by atoms with E-state index in [1.807, 2.05) is 66.9 Å². The Bertz CT molecular complexity index is 1010. The molecule has 1 amide bonds. The van der Waals surface area contributed by atoms with Crippen LogP contribution in [0.3, 0.4) is 0 Å². The van der Waals surface area contributed by atoms with Gasteiger partial charge < -0.3 is 14.8 Å². The van der Waals surface area contributed by atoms with E-state index in [0.29, 0.717) is 6.54 Å². The van der Waals surface area contributed by atoms with Crippen molar-refractivity contribution < 1.29 is 14.3 Å². The molecule has 2 aromatic carbocycles. The molecule has 0 fully saturated rings. The van der Waals surface area contributed by atoms with Crippen molar-refractivity contribution in [2.75, 3.05) is 20.8 Å². The number of hydrogen-bond donors (Lipinski definition) is 1. The maximum Gasteiger partial charge on any atom is 0.243 e. The summed E-state index contributed by atoms with van der Waals surface area (Å²) in [7, 11) is 3.30. The first-order chi connectivity index (χ1) is 16.2. The number of ether oxygens (including phenoxy) is 2. The van der Waals surface area contributed by atoms with Crippen LogP contribution in [0.5, 0.6) is 11.5 Å². The minimum Gasteiger partial charge on any atom is -0.497 e. The van der Waals surface area contributed by atoms with Crippen molar-refractivity contribution >= 4 is 11.5 Å². The number of nitrogens with one attached hydrogen (secondary N) is 1. The van der Waals surface area contributed by atoms with Gasteiger partial charge in [-0.15, -0.1) is 0 Å². The fraction of sp³-hybridized carbons (Fsp3) is 0.214. The molecule has 1 heterocycles. The molecule has 0 saturated carbocycles. The van der Waals surface area contributed by atoms with Gasteiger partial charge in [0.05, 0.1) is 14.2 Å². The summed E-state index contributed by atoms with van der Waals surface area (Å²) in [5, 5.41) is 2.95. The van der Waals surface area contributed by atoms with E-state index in [4.69, 9.17) is 9.47 Å². The number of carbonyl (C=O) groups is 1. The minimum absolute atomic E-state index is 0.101. The van der Waals surface area contributed by atoms with Crippen LogP contribution in [0.2, 0.25) is 0 Å². The number of unbranched alkanes of at least 4 members (excludes halogenated alkanes) is 1. The summed E-state index contributed by atoms with van der Waals surface area (Å²) in [6, 6.07) is 19.7. The first-order valence-corrected chi connectivity index (χ1v) is 11.0. The lowest BCUT2D eigenvalue weighted by molar-refractivity contribution is -0.116. The van der Waals surface area contributed by atoms with Gasteiger partial charge >= 0.3 is 0 Å². The van der Waals surface area contributed by atoms with Crippen molar-refractivity contribution in [2.24, 2.45) is 0 Å². The van der Waals surface area contributed by atoms with Gasteiger partial charge in [0.25, 0.3) is 0 Å². The normalized spacial score (nSPS) is 10.6. The summed E-state index contributed by atoms with van der Waals surface area (Å²) in [5.74, 6) is 1.49. The molecule has 0 unspecified atom stereocenters. The second-order valence-electron chi connectivity index (χ2n) is 7.51. The van der Waals surface area contributed by atoms with Gasteiger partial charge in [0.1, 0.15) is 11.5 Å². The van der Waals surface area contributed by atoms with Crippen LogP contribution in [0.25, 0.3) is 5.57 Å². The predicted octanol–water partition coefficient (Wildman–Crippen LogP) is 5.23. The van der Waals surface area contributed by atoms with E-state index in [-0.39, 0.29) is 5.91 Å². The molecule has 0 radical (unpaired) electrons. The van der Waals surface area contributed by atoms with Crippen LogP contribution < -0.4 is 14.8 Å². The van der Waals surface area contributed by atoms with Crippen molar-refractivity contribution in [1.29, 1.82) is 0 Å². The fourth-order valence-corrected chi connectivity index (χ4v) is 3.40. The van der Waals surface area contributed by atoms with Crippen LogP contribution in [-0.2, 0) is 11.2 Å². The number of benzene rings is 2. The second kappa shape index (κ2) is 12.9. The number of carbonyl (C=O) groups excluding carboxylic acids is 1. The molecule has 5 heteroatoms. The van der Waals surface area contributed by atoms with Crippen molar-refractivity contribution in [2.45, 2.75) is 19.3 Å². The van der Waals surface area contributed by atoms with E-state index in [1.54, 1.807) is 32.6 Å². The maximum atomic E-state index is 12.2. The third-order valence-corrected chi connectivity index (χ3v) is 5.23. The smallest absolute Gasteiger partial charge is 0.243 e. The highest BCUT2D eigenvalue weighted by Crippen LogP contribution is 2.27. The molecule has 170 valence electrons. The Morgan fingerprint density at radius 3 is 2.09 bits per heavy atom. The molecular weight excluding hydrogens is 412 g/mol. The molecule has 5 nitrogen and oxygen atoms in total. The fourth-order valence-electron chi connectivity index (χ4n) is 3.40. The number of pyridine rings is 1. The molecule has 3 aromatic rings. The molecule has 0 aliphatic carbocycles. The van der Waals surface area contributed by atoms with Gasteiger partial charge in [-0.25, -0.2) is 0 Å². The molecular formula is C28H30N2O3. The van der Waals surface area contributed by atoms with E-state index in [9.17, 15) is 4.79 Å². The Morgan fingerprint density at radius 1 is 0.909 bits per heavy atom. The Labute approximate surface area is 195 Å². The zero-order valence-electron chi connectivity index (χ0n) is 19.2.